The van der Waals surface area contributed by atoms with Gasteiger partial charge in [0.2, 0.25) is 5.91 Å². The topological polar surface area (TPSA) is 125 Å². The molecule has 4 unspecified atom stereocenters. The number of hydrogen-bond donors (Lipinski definition) is 4. The third kappa shape index (κ3) is 54.1. The van der Waals surface area contributed by atoms with E-state index in [1.54, 1.807) is 0 Å². The van der Waals surface area contributed by atoms with Crippen molar-refractivity contribution in [3.63, 3.8) is 0 Å². The molecule has 10 heteroatoms. The number of carbonyl (C=O) groups excluding carboxylic acids is 1. The number of quaternary nitrogens is 1. The lowest BCUT2D eigenvalue weighted by molar-refractivity contribution is -0.870. The number of phosphoric ester groups is 1. The van der Waals surface area contributed by atoms with Crippen LogP contribution in [0.2, 0.25) is 0 Å². The summed E-state index contributed by atoms with van der Waals surface area (Å²) < 4.78 is 23.6. The smallest absolute Gasteiger partial charge is 0.390 e. The van der Waals surface area contributed by atoms with Crippen molar-refractivity contribution in [3.8, 4) is 0 Å². The van der Waals surface area contributed by atoms with E-state index in [2.05, 4.69) is 19.2 Å². The van der Waals surface area contributed by atoms with Gasteiger partial charge in [-0.15, -0.1) is 0 Å². The normalized spacial score (nSPS) is 14.2. The number of phosphoric acid groups is 1. The van der Waals surface area contributed by atoms with Crippen LogP contribution in [-0.4, -0.2) is 84.6 Å². The summed E-state index contributed by atoms with van der Waals surface area (Å²) in [4.78, 5) is 23.3. The van der Waals surface area contributed by atoms with Gasteiger partial charge in [-0.1, -0.05) is 309 Å². The second-order valence-corrected chi connectivity index (χ2v) is 24.7. The maximum absolute atomic E-state index is 13.0. The largest absolute Gasteiger partial charge is 0.472 e. The maximum atomic E-state index is 13.0. The molecule has 1 amide bonds. The molecular formula is C61H126N2O7P+. The molecule has 0 saturated heterocycles. The minimum absolute atomic E-state index is 0.0260. The van der Waals surface area contributed by atoms with Crippen molar-refractivity contribution in [3.05, 3.63) is 0 Å². The molecule has 0 aliphatic heterocycles. The molecule has 0 aromatic carbocycles. The summed E-state index contributed by atoms with van der Waals surface area (Å²) >= 11 is 0. The molecular weight excluding hydrogens is 904 g/mol. The van der Waals surface area contributed by atoms with Gasteiger partial charge in [0.1, 0.15) is 19.3 Å². The summed E-state index contributed by atoms with van der Waals surface area (Å²) in [6.45, 7) is 4.65. The summed E-state index contributed by atoms with van der Waals surface area (Å²) in [6.07, 6.45) is 60.8. The van der Waals surface area contributed by atoms with E-state index < -0.39 is 32.7 Å². The first-order chi connectivity index (χ1) is 34.4. The van der Waals surface area contributed by atoms with Gasteiger partial charge in [0, 0.05) is 6.42 Å². The first-order valence-corrected chi connectivity index (χ1v) is 33.0. The van der Waals surface area contributed by atoms with Gasteiger partial charge in [-0.2, -0.15) is 0 Å². The minimum atomic E-state index is -4.42. The van der Waals surface area contributed by atoms with Crippen molar-refractivity contribution in [2.24, 2.45) is 0 Å². The number of rotatable bonds is 59. The van der Waals surface area contributed by atoms with Crippen molar-refractivity contribution >= 4 is 13.7 Å². The van der Waals surface area contributed by atoms with Crippen molar-refractivity contribution in [2.75, 3.05) is 40.9 Å². The SMILES string of the molecule is CCCCCCCCCCCCCCCCCCCCCCCCCCCCCCCCCCCCCC(=O)NC(COP(=O)(O)OCC[N+](C)(C)C)C(O)C(O)CCCCCCCCCCCCCC. The molecule has 0 aromatic rings. The molecule has 0 saturated carbocycles. The lowest BCUT2D eigenvalue weighted by Crippen LogP contribution is -2.51. The molecule has 0 aromatic heterocycles. The Labute approximate surface area is 442 Å². The summed E-state index contributed by atoms with van der Waals surface area (Å²) in [7, 11) is 1.46. The fraction of sp³-hybridized carbons (Fsp3) is 0.984. The van der Waals surface area contributed by atoms with Crippen LogP contribution in [0, 0.1) is 0 Å². The number of aliphatic hydroxyl groups excluding tert-OH is 2. The molecule has 9 nitrogen and oxygen atoms in total. The number of amides is 1. The highest BCUT2D eigenvalue weighted by molar-refractivity contribution is 7.47. The Morgan fingerprint density at radius 1 is 0.437 bits per heavy atom. The van der Waals surface area contributed by atoms with Crippen molar-refractivity contribution < 1.29 is 38.0 Å². The Balaban J connectivity index is 3.94. The molecule has 71 heavy (non-hydrogen) atoms. The Morgan fingerprint density at radius 2 is 0.704 bits per heavy atom. The van der Waals surface area contributed by atoms with Crippen LogP contribution < -0.4 is 5.32 Å². The van der Waals surface area contributed by atoms with E-state index in [1.807, 2.05) is 21.1 Å². The number of nitrogens with zero attached hydrogens (tertiary/aromatic N) is 1. The lowest BCUT2D eigenvalue weighted by atomic mass is 9.99. The second kappa shape index (κ2) is 52.9. The third-order valence-corrected chi connectivity index (χ3v) is 15.9. The van der Waals surface area contributed by atoms with Crippen molar-refractivity contribution in [1.82, 2.24) is 5.32 Å². The van der Waals surface area contributed by atoms with E-state index in [4.69, 9.17) is 9.05 Å². The number of nitrogens with one attached hydrogen (secondary N) is 1. The van der Waals surface area contributed by atoms with Crippen molar-refractivity contribution in [1.29, 1.82) is 0 Å². The number of aliphatic hydroxyl groups is 2. The number of hydrogen-bond acceptors (Lipinski definition) is 6. The van der Waals surface area contributed by atoms with Gasteiger partial charge in [-0.25, -0.2) is 4.57 Å². The van der Waals surface area contributed by atoms with Crippen LogP contribution in [-0.2, 0) is 18.4 Å². The molecule has 0 radical (unpaired) electrons. The standard InChI is InChI=1S/C61H125N2O7P/c1-6-8-10-12-14-16-18-20-21-22-23-24-25-26-27-28-29-30-31-32-33-34-35-36-37-38-39-40-41-42-44-46-48-50-52-54-60(65)62-58(57-70-71(67,68)69-56-55-63(3,4)5)61(66)59(64)53-51-49-47-45-43-19-17-15-13-11-9-7-2/h58-59,61,64,66H,6-57H2,1-5H3,(H-,62,65,67,68)/p+1. The van der Waals surface area contributed by atoms with E-state index in [0.717, 1.165) is 38.5 Å². The predicted octanol–water partition coefficient (Wildman–Crippen LogP) is 18.2. The average molecular weight is 1030 g/mol. The van der Waals surface area contributed by atoms with Crippen LogP contribution in [0.5, 0.6) is 0 Å². The number of carbonyl (C=O) groups is 1. The van der Waals surface area contributed by atoms with E-state index >= 15 is 0 Å². The fourth-order valence-electron chi connectivity index (χ4n) is 9.97. The van der Waals surface area contributed by atoms with Gasteiger partial charge in [0.25, 0.3) is 0 Å². The summed E-state index contributed by atoms with van der Waals surface area (Å²) in [5.41, 5.74) is 0. The van der Waals surface area contributed by atoms with E-state index in [-0.39, 0.29) is 12.5 Å². The fourth-order valence-corrected chi connectivity index (χ4v) is 10.7. The van der Waals surface area contributed by atoms with Gasteiger partial charge in [0.05, 0.1) is 39.9 Å². The Kier molecular flexibility index (Phi) is 52.5. The van der Waals surface area contributed by atoms with Gasteiger partial charge in [0.15, 0.2) is 0 Å². The van der Waals surface area contributed by atoms with Crippen LogP contribution in [0.15, 0.2) is 0 Å². The Bertz CT molecular complexity index is 1140. The molecule has 0 bridgehead atoms. The highest BCUT2D eigenvalue weighted by Gasteiger charge is 2.32. The summed E-state index contributed by atoms with van der Waals surface area (Å²) in [6, 6.07) is -1.03. The quantitative estimate of drug-likeness (QED) is 0.0272. The van der Waals surface area contributed by atoms with Crippen LogP contribution in [0.25, 0.3) is 0 Å². The zero-order valence-corrected chi connectivity index (χ0v) is 49.3. The molecule has 0 fully saturated rings. The zero-order valence-electron chi connectivity index (χ0n) is 48.4. The van der Waals surface area contributed by atoms with Gasteiger partial charge < -0.3 is 24.9 Å². The molecule has 426 valence electrons. The highest BCUT2D eigenvalue weighted by Crippen LogP contribution is 2.43. The van der Waals surface area contributed by atoms with Gasteiger partial charge >= 0.3 is 7.82 Å². The van der Waals surface area contributed by atoms with Crippen molar-refractivity contribution in [2.45, 2.75) is 347 Å². The van der Waals surface area contributed by atoms with E-state index in [0.29, 0.717) is 23.9 Å². The van der Waals surface area contributed by atoms with E-state index in [9.17, 15) is 24.5 Å². The van der Waals surface area contributed by atoms with E-state index in [1.165, 1.54) is 263 Å². The van der Waals surface area contributed by atoms with Gasteiger partial charge in [-0.3, -0.25) is 13.8 Å². The molecule has 4 atom stereocenters. The van der Waals surface area contributed by atoms with Gasteiger partial charge in [-0.05, 0) is 12.8 Å². The summed E-state index contributed by atoms with van der Waals surface area (Å²) in [5, 5.41) is 24.8. The molecule has 4 N–H and O–H groups in total. The predicted molar refractivity (Wildman–Crippen MR) is 306 cm³/mol. The second-order valence-electron chi connectivity index (χ2n) is 23.3. The average Bonchev–Trinajstić information content (AvgIpc) is 3.33. The van der Waals surface area contributed by atoms with Crippen LogP contribution in [0.3, 0.4) is 0 Å². The Morgan fingerprint density at radius 3 is 0.986 bits per heavy atom. The molecule has 0 heterocycles. The van der Waals surface area contributed by atoms with Crippen LogP contribution in [0.4, 0.5) is 0 Å². The zero-order chi connectivity index (χ0) is 52.2. The highest BCUT2D eigenvalue weighted by atomic mass is 31.2. The maximum Gasteiger partial charge on any atom is 0.472 e. The number of unbranched alkanes of at least 4 members (excludes halogenated alkanes) is 45. The first kappa shape index (κ1) is 70.5. The molecule has 0 aliphatic carbocycles. The lowest BCUT2D eigenvalue weighted by Gasteiger charge is -2.28. The summed E-state index contributed by atoms with van der Waals surface area (Å²) in [5.74, 6) is -0.250. The monoisotopic (exact) mass is 1030 g/mol. The minimum Gasteiger partial charge on any atom is -0.390 e. The molecule has 0 aliphatic rings. The first-order valence-electron chi connectivity index (χ1n) is 31.5. The molecule has 0 spiro atoms. The Hall–Kier alpha value is -0.540. The third-order valence-electron chi connectivity index (χ3n) is 14.9. The van der Waals surface area contributed by atoms with Crippen LogP contribution >= 0.6 is 7.82 Å². The van der Waals surface area contributed by atoms with Crippen LogP contribution in [0.1, 0.15) is 328 Å². The molecule has 0 rings (SSSR count). The number of likely N-dealkylation sites (N-methyl/N-ethyl adjacent to an activating group) is 1.